The number of hydrogen-bond acceptors (Lipinski definition) is 3. The Hall–Kier alpha value is -7.56. The molecule has 0 spiro atoms. The van der Waals surface area contributed by atoms with Crippen molar-refractivity contribution in [3.05, 3.63) is 231 Å². The highest BCUT2D eigenvalue weighted by molar-refractivity contribution is 7.00. The van der Waals surface area contributed by atoms with Gasteiger partial charge in [0.2, 0.25) is 0 Å². The predicted octanol–water partition coefficient (Wildman–Crippen LogP) is 12.6. The van der Waals surface area contributed by atoms with Gasteiger partial charge >= 0.3 is 0 Å². The van der Waals surface area contributed by atoms with Crippen molar-refractivity contribution < 1.29 is 0 Å². The second-order valence-electron chi connectivity index (χ2n) is 14.9. The number of benzene rings is 9. The zero-order valence-corrected chi connectivity index (χ0v) is 31.9. The van der Waals surface area contributed by atoms with E-state index in [1.54, 1.807) is 0 Å². The fourth-order valence-electron chi connectivity index (χ4n) is 9.03. The molecule has 0 unspecified atom stereocenters. The van der Waals surface area contributed by atoms with Crippen molar-refractivity contribution in [2.75, 3.05) is 14.7 Å². The van der Waals surface area contributed by atoms with E-state index in [0.717, 1.165) is 28.4 Å². The molecule has 0 N–H and O–H groups in total. The summed E-state index contributed by atoms with van der Waals surface area (Å²) in [4.78, 5) is 7.31. The Morgan fingerprint density at radius 3 is 1.24 bits per heavy atom. The normalized spacial score (nSPS) is 12.4. The molecule has 0 aliphatic carbocycles. The van der Waals surface area contributed by atoms with E-state index in [9.17, 15) is 0 Å². The van der Waals surface area contributed by atoms with Crippen LogP contribution >= 0.6 is 0 Å². The molecule has 4 heteroatoms. The highest BCUT2D eigenvalue weighted by Crippen LogP contribution is 2.46. The standard InChI is InChI=1S/C54H38BN3/c1-5-16-39(17-6-1)41-28-32-45(33-29-41)57-50-25-14-13-24-48(50)55-49-37-36-47(56(43-20-9-3-10-21-43)44-22-11-4-12-23-44)38-53(49)58(52-27-15-26-51(57)54(52)55)46-34-30-42(31-35-46)40-18-7-2-8-19-40/h1-38H. The Balaban J connectivity index is 1.12. The van der Waals surface area contributed by atoms with Crippen molar-refractivity contribution in [2.45, 2.75) is 0 Å². The second-order valence-corrected chi connectivity index (χ2v) is 14.9. The fourth-order valence-corrected chi connectivity index (χ4v) is 9.03. The van der Waals surface area contributed by atoms with E-state index in [1.807, 2.05) is 0 Å². The lowest BCUT2D eigenvalue weighted by atomic mass is 9.33. The Bertz CT molecular complexity index is 2840. The van der Waals surface area contributed by atoms with Gasteiger partial charge in [-0.3, -0.25) is 0 Å². The van der Waals surface area contributed by atoms with E-state index in [4.69, 9.17) is 0 Å². The minimum absolute atomic E-state index is 0.0352. The Labute approximate surface area is 340 Å². The summed E-state index contributed by atoms with van der Waals surface area (Å²) < 4.78 is 0. The summed E-state index contributed by atoms with van der Waals surface area (Å²) in [5.41, 5.74) is 19.1. The van der Waals surface area contributed by atoms with E-state index in [0.29, 0.717) is 0 Å². The van der Waals surface area contributed by atoms with Gasteiger partial charge in [-0.05, 0) is 118 Å². The Kier molecular flexibility index (Phi) is 8.26. The molecule has 3 nitrogen and oxygen atoms in total. The monoisotopic (exact) mass is 739 g/mol. The van der Waals surface area contributed by atoms with Crippen LogP contribution in [0.4, 0.5) is 51.2 Å². The zero-order valence-electron chi connectivity index (χ0n) is 31.9. The molecule has 2 heterocycles. The van der Waals surface area contributed by atoms with Crippen molar-refractivity contribution in [1.29, 1.82) is 0 Å². The van der Waals surface area contributed by atoms with Crippen LogP contribution in [-0.4, -0.2) is 6.71 Å². The number of anilines is 9. The van der Waals surface area contributed by atoms with Gasteiger partial charge in [-0.25, -0.2) is 0 Å². The topological polar surface area (TPSA) is 9.72 Å². The molecule has 9 aromatic carbocycles. The van der Waals surface area contributed by atoms with Crippen LogP contribution in [0, 0.1) is 0 Å². The molecular formula is C54H38BN3. The lowest BCUT2D eigenvalue weighted by molar-refractivity contribution is 1.24. The molecule has 2 aliphatic heterocycles. The van der Waals surface area contributed by atoms with Gasteiger partial charge in [0.25, 0.3) is 6.71 Å². The lowest BCUT2D eigenvalue weighted by Crippen LogP contribution is -2.61. The number of hydrogen-bond donors (Lipinski definition) is 0. The molecular weight excluding hydrogens is 701 g/mol. The second kappa shape index (κ2) is 14.2. The van der Waals surface area contributed by atoms with Gasteiger partial charge < -0.3 is 14.7 Å². The predicted molar refractivity (Wildman–Crippen MR) is 246 cm³/mol. The molecule has 2 aliphatic rings. The molecule has 58 heavy (non-hydrogen) atoms. The molecule has 11 rings (SSSR count). The minimum atomic E-state index is 0.0352. The molecule has 0 atom stereocenters. The maximum absolute atomic E-state index is 2.49. The fraction of sp³-hybridized carbons (Fsp3) is 0. The first-order valence-corrected chi connectivity index (χ1v) is 20.0. The average molecular weight is 740 g/mol. The third-order valence-electron chi connectivity index (χ3n) is 11.6. The number of para-hydroxylation sites is 3. The van der Waals surface area contributed by atoms with Crippen LogP contribution in [0.15, 0.2) is 231 Å². The summed E-state index contributed by atoms with van der Waals surface area (Å²) in [5, 5.41) is 0. The van der Waals surface area contributed by atoms with Crippen LogP contribution in [0.3, 0.4) is 0 Å². The number of nitrogens with zero attached hydrogens (tertiary/aromatic N) is 3. The largest absolute Gasteiger partial charge is 0.311 e. The summed E-state index contributed by atoms with van der Waals surface area (Å²) in [5.74, 6) is 0. The van der Waals surface area contributed by atoms with Crippen LogP contribution in [0.25, 0.3) is 22.3 Å². The van der Waals surface area contributed by atoms with Gasteiger partial charge in [0, 0.05) is 51.2 Å². The molecule has 272 valence electrons. The maximum atomic E-state index is 2.49. The van der Waals surface area contributed by atoms with Gasteiger partial charge in [-0.2, -0.15) is 0 Å². The van der Waals surface area contributed by atoms with Crippen LogP contribution in [0.5, 0.6) is 0 Å². The van der Waals surface area contributed by atoms with Crippen molar-refractivity contribution in [1.82, 2.24) is 0 Å². The van der Waals surface area contributed by atoms with Crippen molar-refractivity contribution in [2.24, 2.45) is 0 Å². The molecule has 9 aromatic rings. The summed E-state index contributed by atoms with van der Waals surface area (Å²) in [6, 6.07) is 83.6. The maximum Gasteiger partial charge on any atom is 0.252 e. The number of rotatable bonds is 7. The van der Waals surface area contributed by atoms with E-state index in [1.165, 1.54) is 61.4 Å². The molecule has 0 radical (unpaired) electrons. The molecule has 0 saturated heterocycles. The van der Waals surface area contributed by atoms with Gasteiger partial charge in [0.15, 0.2) is 0 Å². The molecule has 0 fully saturated rings. The third-order valence-corrected chi connectivity index (χ3v) is 11.6. The molecule has 0 saturated carbocycles. The van der Waals surface area contributed by atoms with E-state index < -0.39 is 0 Å². The summed E-state index contributed by atoms with van der Waals surface area (Å²) >= 11 is 0. The smallest absolute Gasteiger partial charge is 0.252 e. The Morgan fingerprint density at radius 2 is 0.707 bits per heavy atom. The zero-order chi connectivity index (χ0) is 38.4. The van der Waals surface area contributed by atoms with Crippen LogP contribution in [0.1, 0.15) is 0 Å². The van der Waals surface area contributed by atoms with Gasteiger partial charge in [-0.15, -0.1) is 0 Å². The summed E-state index contributed by atoms with van der Waals surface area (Å²) in [6.07, 6.45) is 0. The van der Waals surface area contributed by atoms with Gasteiger partial charge in [0.1, 0.15) is 0 Å². The van der Waals surface area contributed by atoms with Gasteiger partial charge in [0.05, 0.1) is 0 Å². The van der Waals surface area contributed by atoms with Crippen molar-refractivity contribution in [3.8, 4) is 22.3 Å². The first-order valence-electron chi connectivity index (χ1n) is 20.0. The summed E-state index contributed by atoms with van der Waals surface area (Å²) in [6.45, 7) is 0.0352. The van der Waals surface area contributed by atoms with E-state index in [-0.39, 0.29) is 6.71 Å². The molecule has 0 aromatic heterocycles. The highest BCUT2D eigenvalue weighted by Gasteiger charge is 2.43. The quantitative estimate of drug-likeness (QED) is 0.151. The van der Waals surface area contributed by atoms with Crippen molar-refractivity contribution in [3.63, 3.8) is 0 Å². The average Bonchev–Trinajstić information content (AvgIpc) is 3.30. The molecule has 0 bridgehead atoms. The van der Waals surface area contributed by atoms with Crippen LogP contribution < -0.4 is 31.1 Å². The lowest BCUT2D eigenvalue weighted by Gasteiger charge is -2.44. The van der Waals surface area contributed by atoms with Crippen molar-refractivity contribution >= 4 is 74.3 Å². The first-order chi connectivity index (χ1) is 28.8. The first kappa shape index (κ1) is 33.8. The Morgan fingerprint density at radius 1 is 0.293 bits per heavy atom. The minimum Gasteiger partial charge on any atom is -0.311 e. The van der Waals surface area contributed by atoms with Crippen LogP contribution in [-0.2, 0) is 0 Å². The SMILES string of the molecule is c1ccc(-c2ccc(N3c4ccccc4B4c5ccc(N(c6ccccc6)c6ccccc6)cc5N(c5ccc(-c6ccccc6)cc5)c5cccc3c54)cc2)cc1. The third kappa shape index (κ3) is 5.69. The molecule has 0 amide bonds. The summed E-state index contributed by atoms with van der Waals surface area (Å²) in [7, 11) is 0. The van der Waals surface area contributed by atoms with E-state index in [2.05, 4.69) is 245 Å². The van der Waals surface area contributed by atoms with Crippen LogP contribution in [0.2, 0.25) is 0 Å². The van der Waals surface area contributed by atoms with Gasteiger partial charge in [-0.1, -0.05) is 152 Å². The van der Waals surface area contributed by atoms with E-state index >= 15 is 0 Å². The highest BCUT2D eigenvalue weighted by atomic mass is 15.2. The number of fused-ring (bicyclic) bond motifs is 4.